The molecule has 0 saturated carbocycles. The van der Waals surface area contributed by atoms with Crippen molar-refractivity contribution in [3.63, 3.8) is 0 Å². The average Bonchev–Trinajstić information content (AvgIpc) is 3.35. The molecular formula is C52H34N8. The van der Waals surface area contributed by atoms with Crippen molar-refractivity contribution < 1.29 is 0 Å². The van der Waals surface area contributed by atoms with E-state index in [0.717, 1.165) is 61.6 Å². The van der Waals surface area contributed by atoms with Gasteiger partial charge in [-0.3, -0.25) is 9.97 Å². The summed E-state index contributed by atoms with van der Waals surface area (Å²) in [6.07, 6.45) is 3.52. The molecule has 0 fully saturated rings. The lowest BCUT2D eigenvalue weighted by Gasteiger charge is -2.13. The fraction of sp³-hybridized carbons (Fsp3) is 0. The van der Waals surface area contributed by atoms with Crippen molar-refractivity contribution >= 4 is 0 Å². The Morgan fingerprint density at radius 1 is 0.200 bits per heavy atom. The number of rotatable bonds is 9. The summed E-state index contributed by atoms with van der Waals surface area (Å²) >= 11 is 0. The Hall–Kier alpha value is -8.36. The van der Waals surface area contributed by atoms with Gasteiger partial charge in [-0.1, -0.05) is 146 Å². The number of benzene rings is 5. The predicted octanol–water partition coefficient (Wildman–Crippen LogP) is 11.8. The molecule has 0 N–H and O–H groups in total. The summed E-state index contributed by atoms with van der Waals surface area (Å²) in [5.74, 6) is 1.91. The Morgan fingerprint density at radius 2 is 0.633 bits per heavy atom. The van der Waals surface area contributed by atoms with Crippen molar-refractivity contribution in [3.8, 4) is 102 Å². The van der Waals surface area contributed by atoms with Gasteiger partial charge in [0.2, 0.25) is 0 Å². The third-order valence-corrected chi connectivity index (χ3v) is 10.1. The van der Waals surface area contributed by atoms with Crippen molar-refractivity contribution in [3.05, 3.63) is 207 Å². The molecule has 0 radical (unpaired) electrons. The first kappa shape index (κ1) is 36.0. The molecule has 0 bridgehead atoms. The van der Waals surface area contributed by atoms with E-state index in [0.29, 0.717) is 40.4 Å². The van der Waals surface area contributed by atoms with Crippen LogP contribution >= 0.6 is 0 Å². The SMILES string of the molecule is c1ccc(-c2ccc(-c3nc(-c4cccc(-c5ccccc5)c4)cc(-c4nc(-c5ccccc5)nc(-c5cc(-c6ccccn6)nc(-c6ccccn6)c5)n4)n3)cc2)cc1. The van der Waals surface area contributed by atoms with Gasteiger partial charge in [-0.25, -0.2) is 29.9 Å². The van der Waals surface area contributed by atoms with Crippen LogP contribution in [0, 0.1) is 0 Å². The molecule has 8 heteroatoms. The summed E-state index contributed by atoms with van der Waals surface area (Å²) in [7, 11) is 0. The maximum atomic E-state index is 5.19. The number of pyridine rings is 3. The van der Waals surface area contributed by atoms with Crippen molar-refractivity contribution in [2.75, 3.05) is 0 Å². The maximum Gasteiger partial charge on any atom is 0.182 e. The van der Waals surface area contributed by atoms with Crippen LogP contribution in [0.15, 0.2) is 207 Å². The number of hydrogen-bond donors (Lipinski definition) is 0. The van der Waals surface area contributed by atoms with Crippen molar-refractivity contribution in [2.24, 2.45) is 0 Å². The minimum atomic E-state index is 0.402. The molecule has 0 atom stereocenters. The van der Waals surface area contributed by atoms with E-state index in [-0.39, 0.29) is 0 Å². The van der Waals surface area contributed by atoms with Crippen LogP contribution < -0.4 is 0 Å². The molecule has 10 rings (SSSR count). The van der Waals surface area contributed by atoms with E-state index in [9.17, 15) is 0 Å². The molecule has 8 nitrogen and oxygen atoms in total. The summed E-state index contributed by atoms with van der Waals surface area (Å²) in [6, 6.07) is 64.7. The summed E-state index contributed by atoms with van der Waals surface area (Å²) in [5, 5.41) is 0. The average molecular weight is 771 g/mol. The van der Waals surface area contributed by atoms with Crippen LogP contribution in [0.4, 0.5) is 0 Å². The lowest BCUT2D eigenvalue weighted by Crippen LogP contribution is -2.04. The molecule has 60 heavy (non-hydrogen) atoms. The lowest BCUT2D eigenvalue weighted by atomic mass is 10.0. The van der Waals surface area contributed by atoms with Gasteiger partial charge in [-0.2, -0.15) is 0 Å². The van der Waals surface area contributed by atoms with Crippen LogP contribution in [-0.2, 0) is 0 Å². The van der Waals surface area contributed by atoms with E-state index in [1.807, 2.05) is 121 Å². The topological polar surface area (TPSA) is 103 Å². The summed E-state index contributed by atoms with van der Waals surface area (Å²) < 4.78 is 0. The Balaban J connectivity index is 1.17. The van der Waals surface area contributed by atoms with Crippen molar-refractivity contribution in [2.45, 2.75) is 0 Å². The quantitative estimate of drug-likeness (QED) is 0.143. The molecule has 282 valence electrons. The van der Waals surface area contributed by atoms with Crippen LogP contribution in [0.3, 0.4) is 0 Å². The Kier molecular flexibility index (Phi) is 9.75. The second-order valence-corrected chi connectivity index (χ2v) is 14.1. The molecule has 0 unspecified atom stereocenters. The molecule has 0 spiro atoms. The highest BCUT2D eigenvalue weighted by Gasteiger charge is 2.19. The first-order valence-corrected chi connectivity index (χ1v) is 19.6. The zero-order valence-corrected chi connectivity index (χ0v) is 32.2. The van der Waals surface area contributed by atoms with Gasteiger partial charge in [0.15, 0.2) is 23.3 Å². The third-order valence-electron chi connectivity index (χ3n) is 10.1. The molecule has 0 saturated heterocycles. The van der Waals surface area contributed by atoms with Crippen LogP contribution in [0.1, 0.15) is 0 Å². The van der Waals surface area contributed by atoms with E-state index in [1.165, 1.54) is 0 Å². The van der Waals surface area contributed by atoms with Gasteiger partial charge in [-0.15, -0.1) is 0 Å². The van der Waals surface area contributed by atoms with Crippen LogP contribution in [-0.4, -0.2) is 39.9 Å². The Labute approximate surface area is 347 Å². The normalized spacial score (nSPS) is 11.0. The zero-order valence-electron chi connectivity index (χ0n) is 32.2. The molecule has 0 aliphatic rings. The van der Waals surface area contributed by atoms with Gasteiger partial charge in [0.25, 0.3) is 0 Å². The Morgan fingerprint density at radius 3 is 1.23 bits per heavy atom. The van der Waals surface area contributed by atoms with E-state index >= 15 is 0 Å². The van der Waals surface area contributed by atoms with E-state index < -0.39 is 0 Å². The van der Waals surface area contributed by atoms with E-state index in [4.69, 9.17) is 29.9 Å². The third kappa shape index (κ3) is 7.68. The van der Waals surface area contributed by atoms with E-state index in [2.05, 4.69) is 82.8 Å². The van der Waals surface area contributed by atoms with Gasteiger partial charge in [0, 0.05) is 34.6 Å². The number of nitrogens with zero attached hydrogens (tertiary/aromatic N) is 8. The molecule has 5 heterocycles. The van der Waals surface area contributed by atoms with Crippen molar-refractivity contribution in [1.82, 2.24) is 39.9 Å². The van der Waals surface area contributed by atoms with Crippen LogP contribution in [0.5, 0.6) is 0 Å². The smallest absolute Gasteiger partial charge is 0.182 e. The highest BCUT2D eigenvalue weighted by molar-refractivity contribution is 5.77. The molecule has 5 aromatic heterocycles. The highest BCUT2D eigenvalue weighted by Crippen LogP contribution is 2.33. The standard InChI is InChI=1S/C52H34N8/c1-4-15-35(16-5-1)37-25-27-39(28-26-37)49-56-45(41-22-14-21-40(31-41)36-17-6-2-7-18-36)34-48(57-49)52-59-50(38-19-8-3-9-20-38)58-51(60-52)42-32-46(43-23-10-12-29-53-43)55-47(33-42)44-24-11-13-30-54-44/h1-34H. The first-order chi connectivity index (χ1) is 29.7. The van der Waals surface area contributed by atoms with Gasteiger partial charge in [0.1, 0.15) is 5.69 Å². The highest BCUT2D eigenvalue weighted by atomic mass is 15.1. The second kappa shape index (κ2) is 16.2. The summed E-state index contributed by atoms with van der Waals surface area (Å²) in [4.78, 5) is 40.0. The summed E-state index contributed by atoms with van der Waals surface area (Å²) in [5.41, 5.74) is 11.9. The minimum Gasteiger partial charge on any atom is -0.255 e. The molecule has 0 amide bonds. The number of hydrogen-bond acceptors (Lipinski definition) is 8. The fourth-order valence-electron chi connectivity index (χ4n) is 7.06. The summed E-state index contributed by atoms with van der Waals surface area (Å²) in [6.45, 7) is 0. The van der Waals surface area contributed by atoms with Gasteiger partial charge < -0.3 is 0 Å². The second-order valence-electron chi connectivity index (χ2n) is 14.1. The fourth-order valence-corrected chi connectivity index (χ4v) is 7.06. The predicted molar refractivity (Wildman–Crippen MR) is 238 cm³/mol. The van der Waals surface area contributed by atoms with E-state index in [1.54, 1.807) is 12.4 Å². The molecule has 5 aromatic carbocycles. The van der Waals surface area contributed by atoms with Gasteiger partial charge in [0.05, 0.1) is 28.5 Å². The first-order valence-electron chi connectivity index (χ1n) is 19.6. The molecule has 0 aliphatic carbocycles. The Bertz CT molecular complexity index is 3000. The minimum absolute atomic E-state index is 0.402. The zero-order chi connectivity index (χ0) is 40.1. The van der Waals surface area contributed by atoms with Gasteiger partial charge in [-0.05, 0) is 70.8 Å². The molecule has 0 aliphatic heterocycles. The van der Waals surface area contributed by atoms with Crippen molar-refractivity contribution in [1.29, 1.82) is 0 Å². The number of aromatic nitrogens is 8. The molecule has 10 aromatic rings. The van der Waals surface area contributed by atoms with Crippen LogP contribution in [0.2, 0.25) is 0 Å². The molecular weight excluding hydrogens is 737 g/mol. The van der Waals surface area contributed by atoms with Gasteiger partial charge >= 0.3 is 0 Å². The monoisotopic (exact) mass is 770 g/mol. The lowest BCUT2D eigenvalue weighted by molar-refractivity contribution is 1.05. The largest absolute Gasteiger partial charge is 0.255 e. The van der Waals surface area contributed by atoms with Crippen LogP contribution in [0.25, 0.3) is 102 Å². The maximum absolute atomic E-state index is 5.19.